The van der Waals surface area contributed by atoms with E-state index >= 15 is 0 Å². The summed E-state index contributed by atoms with van der Waals surface area (Å²) in [6.07, 6.45) is -0.645. The number of carbonyl (C=O) groups is 1. The summed E-state index contributed by atoms with van der Waals surface area (Å²) in [4.78, 5) is 10.6. The molecule has 4 nitrogen and oxygen atoms in total. The third kappa shape index (κ3) is 2.85. The van der Waals surface area contributed by atoms with Crippen molar-refractivity contribution in [3.63, 3.8) is 0 Å². The van der Waals surface area contributed by atoms with Crippen LogP contribution in [0.1, 0.15) is 5.56 Å². The molecule has 1 unspecified atom stereocenters. The van der Waals surface area contributed by atoms with E-state index in [9.17, 15) is 4.79 Å². The molecule has 1 atom stereocenters. The Morgan fingerprint density at radius 2 is 1.91 bits per heavy atom. The Balaban J connectivity index is 1.95. The summed E-state index contributed by atoms with van der Waals surface area (Å²) < 4.78 is 5.91. The van der Waals surface area contributed by atoms with Gasteiger partial charge in [0, 0.05) is 17.5 Å². The highest BCUT2D eigenvalue weighted by Crippen LogP contribution is 2.44. The number of nitrogens with one attached hydrogen (secondary N) is 1. The molecule has 0 radical (unpaired) electrons. The first-order chi connectivity index (χ1) is 10.6. The van der Waals surface area contributed by atoms with Crippen LogP contribution in [0.3, 0.4) is 0 Å². The lowest BCUT2D eigenvalue weighted by molar-refractivity contribution is 0.181. The van der Waals surface area contributed by atoms with E-state index in [2.05, 4.69) is 5.32 Å². The third-order valence-electron chi connectivity index (χ3n) is 3.54. The molecule has 0 fully saturated rings. The van der Waals surface area contributed by atoms with Gasteiger partial charge in [0.2, 0.25) is 0 Å². The fraction of sp³-hybridized carbons (Fsp3) is 0.188. The highest BCUT2D eigenvalue weighted by molar-refractivity contribution is 6.39. The van der Waals surface area contributed by atoms with Crippen molar-refractivity contribution >= 4 is 29.3 Å². The second-order valence-electron chi connectivity index (χ2n) is 5.02. The van der Waals surface area contributed by atoms with Gasteiger partial charge in [-0.3, -0.25) is 0 Å². The molecule has 0 bridgehead atoms. The molecule has 2 aromatic rings. The van der Waals surface area contributed by atoms with Crippen LogP contribution in [0.25, 0.3) is 11.1 Å². The molecule has 2 N–H and O–H groups in total. The van der Waals surface area contributed by atoms with Crippen molar-refractivity contribution in [1.82, 2.24) is 5.32 Å². The van der Waals surface area contributed by atoms with E-state index in [0.717, 1.165) is 22.4 Å². The average Bonchev–Trinajstić information content (AvgIpc) is 2.88. The second kappa shape index (κ2) is 6.07. The SMILES string of the molecule is O=C(O)NCC1Cc2cccc(-c3c(Cl)cccc3Cl)c2O1. The van der Waals surface area contributed by atoms with Crippen molar-refractivity contribution in [3.05, 3.63) is 52.0 Å². The Hall–Kier alpha value is -1.91. The van der Waals surface area contributed by atoms with Crippen LogP contribution in [-0.2, 0) is 6.42 Å². The van der Waals surface area contributed by atoms with Gasteiger partial charge in [-0.15, -0.1) is 0 Å². The molecule has 1 aliphatic heterocycles. The molecule has 0 saturated carbocycles. The van der Waals surface area contributed by atoms with Crippen LogP contribution in [-0.4, -0.2) is 23.8 Å². The van der Waals surface area contributed by atoms with Gasteiger partial charge in [-0.1, -0.05) is 47.5 Å². The minimum absolute atomic E-state index is 0.228. The molecule has 0 saturated heterocycles. The molecule has 1 amide bonds. The lowest BCUT2D eigenvalue weighted by atomic mass is 10.0. The zero-order valence-corrected chi connectivity index (χ0v) is 13.0. The van der Waals surface area contributed by atoms with Gasteiger partial charge in [-0.25, -0.2) is 4.79 Å². The van der Waals surface area contributed by atoms with Crippen molar-refractivity contribution in [2.75, 3.05) is 6.54 Å². The summed E-state index contributed by atoms with van der Waals surface area (Å²) in [6, 6.07) is 11.1. The summed E-state index contributed by atoms with van der Waals surface area (Å²) in [7, 11) is 0. The molecule has 2 aromatic carbocycles. The zero-order valence-electron chi connectivity index (χ0n) is 11.5. The van der Waals surface area contributed by atoms with E-state index in [0.29, 0.717) is 16.5 Å². The number of benzene rings is 2. The number of halogens is 2. The summed E-state index contributed by atoms with van der Waals surface area (Å²) >= 11 is 12.5. The lowest BCUT2D eigenvalue weighted by Gasteiger charge is -2.14. The number of carboxylic acid groups (broad SMARTS) is 1. The Morgan fingerprint density at radius 3 is 2.59 bits per heavy atom. The van der Waals surface area contributed by atoms with E-state index in [1.165, 1.54) is 0 Å². The molecule has 3 rings (SSSR count). The molecule has 0 spiro atoms. The highest BCUT2D eigenvalue weighted by atomic mass is 35.5. The summed E-state index contributed by atoms with van der Waals surface area (Å²) in [5.74, 6) is 0.717. The van der Waals surface area contributed by atoms with E-state index in [-0.39, 0.29) is 12.6 Å². The summed E-state index contributed by atoms with van der Waals surface area (Å²) in [5, 5.41) is 12.1. The van der Waals surface area contributed by atoms with Crippen molar-refractivity contribution in [3.8, 4) is 16.9 Å². The van der Waals surface area contributed by atoms with E-state index < -0.39 is 6.09 Å². The van der Waals surface area contributed by atoms with E-state index in [1.54, 1.807) is 18.2 Å². The number of hydrogen-bond acceptors (Lipinski definition) is 2. The van der Waals surface area contributed by atoms with Gasteiger partial charge in [-0.05, 0) is 17.7 Å². The normalized spacial score (nSPS) is 16.0. The molecular formula is C16H13Cl2NO3. The van der Waals surface area contributed by atoms with Crippen LogP contribution in [0.5, 0.6) is 5.75 Å². The van der Waals surface area contributed by atoms with E-state index in [4.69, 9.17) is 33.0 Å². The molecule has 0 aliphatic carbocycles. The van der Waals surface area contributed by atoms with Gasteiger partial charge in [-0.2, -0.15) is 0 Å². The molecule has 6 heteroatoms. The van der Waals surface area contributed by atoms with Gasteiger partial charge >= 0.3 is 6.09 Å². The predicted octanol–water partition coefficient (Wildman–Crippen LogP) is 4.23. The average molecular weight is 338 g/mol. The van der Waals surface area contributed by atoms with Crippen LogP contribution in [0.2, 0.25) is 10.0 Å². The topological polar surface area (TPSA) is 58.6 Å². The van der Waals surface area contributed by atoms with Crippen molar-refractivity contribution in [1.29, 1.82) is 0 Å². The number of fused-ring (bicyclic) bond motifs is 1. The molecule has 0 aromatic heterocycles. The Bertz CT molecular complexity index is 713. The maximum Gasteiger partial charge on any atom is 0.404 e. The lowest BCUT2D eigenvalue weighted by Crippen LogP contribution is -2.33. The molecule has 114 valence electrons. The third-order valence-corrected chi connectivity index (χ3v) is 4.17. The Morgan fingerprint density at radius 1 is 1.23 bits per heavy atom. The number of amides is 1. The number of ether oxygens (including phenoxy) is 1. The first-order valence-electron chi connectivity index (χ1n) is 6.76. The van der Waals surface area contributed by atoms with Crippen LogP contribution in [0.4, 0.5) is 4.79 Å². The minimum atomic E-state index is -1.06. The quantitative estimate of drug-likeness (QED) is 0.880. The highest BCUT2D eigenvalue weighted by Gasteiger charge is 2.27. The van der Waals surface area contributed by atoms with Gasteiger partial charge in [0.25, 0.3) is 0 Å². The fourth-order valence-electron chi connectivity index (χ4n) is 2.61. The first kappa shape index (κ1) is 15.0. The zero-order chi connectivity index (χ0) is 15.7. The second-order valence-corrected chi connectivity index (χ2v) is 5.83. The number of rotatable bonds is 3. The van der Waals surface area contributed by atoms with Crippen LogP contribution < -0.4 is 10.1 Å². The maximum atomic E-state index is 10.6. The van der Waals surface area contributed by atoms with Crippen LogP contribution in [0.15, 0.2) is 36.4 Å². The standard InChI is InChI=1S/C16H13Cl2NO3/c17-12-5-2-6-13(18)14(12)11-4-1-3-9-7-10(22-15(9)11)8-19-16(20)21/h1-6,10,19H,7-8H2,(H,20,21). The predicted molar refractivity (Wildman–Crippen MR) is 86.0 cm³/mol. The van der Waals surface area contributed by atoms with Gasteiger partial charge in [0.1, 0.15) is 11.9 Å². The summed E-state index contributed by atoms with van der Waals surface area (Å²) in [5.41, 5.74) is 2.58. The van der Waals surface area contributed by atoms with Crippen LogP contribution >= 0.6 is 23.2 Å². The maximum absolute atomic E-state index is 10.6. The minimum Gasteiger partial charge on any atom is -0.487 e. The Kier molecular flexibility index (Phi) is 4.14. The molecule has 22 heavy (non-hydrogen) atoms. The smallest absolute Gasteiger partial charge is 0.404 e. The van der Waals surface area contributed by atoms with Gasteiger partial charge in [0.05, 0.1) is 16.6 Å². The summed E-state index contributed by atoms with van der Waals surface area (Å²) in [6.45, 7) is 0.236. The van der Waals surface area contributed by atoms with Crippen LogP contribution in [0, 0.1) is 0 Å². The number of hydrogen-bond donors (Lipinski definition) is 2. The number of para-hydroxylation sites is 1. The first-order valence-corrected chi connectivity index (χ1v) is 7.51. The van der Waals surface area contributed by atoms with E-state index in [1.807, 2.05) is 18.2 Å². The van der Waals surface area contributed by atoms with Gasteiger partial charge in [0.15, 0.2) is 0 Å². The monoisotopic (exact) mass is 337 g/mol. The van der Waals surface area contributed by atoms with Gasteiger partial charge < -0.3 is 15.2 Å². The van der Waals surface area contributed by atoms with Crippen molar-refractivity contribution < 1.29 is 14.6 Å². The fourth-order valence-corrected chi connectivity index (χ4v) is 3.21. The van der Waals surface area contributed by atoms with Crippen molar-refractivity contribution in [2.24, 2.45) is 0 Å². The molecule has 1 heterocycles. The molecular weight excluding hydrogens is 325 g/mol. The largest absolute Gasteiger partial charge is 0.487 e. The Labute approximate surface area is 137 Å². The van der Waals surface area contributed by atoms with Crippen molar-refractivity contribution in [2.45, 2.75) is 12.5 Å². The molecule has 1 aliphatic rings.